The zero-order valence-corrected chi connectivity index (χ0v) is 18.0. The van der Waals surface area contributed by atoms with Gasteiger partial charge in [-0.3, -0.25) is 4.57 Å². The van der Waals surface area contributed by atoms with E-state index in [9.17, 15) is 4.39 Å². The van der Waals surface area contributed by atoms with Crippen molar-refractivity contribution in [3.05, 3.63) is 36.4 Å². The standard InChI is InChI=1S/C22H24FN7O2/c1-12-9-32-19-14(23)6-7-15-18(19)30(12)21(28-15)13(2)27-20-17-22(25-10-24-20)29(11-26-17)16-5-3-4-8-31-16/h6-7,10-13,16H,3-5,8-9H2,1-2H3,(H,24,25,27)/t12-,13-,16?/m0/s1. The van der Waals surface area contributed by atoms with Gasteiger partial charge in [0.15, 0.2) is 28.5 Å². The van der Waals surface area contributed by atoms with E-state index in [2.05, 4.69) is 24.8 Å². The maximum absolute atomic E-state index is 14.3. The fraction of sp³-hybridized carbons (Fsp3) is 0.455. The van der Waals surface area contributed by atoms with Gasteiger partial charge in [-0.05, 0) is 45.2 Å². The van der Waals surface area contributed by atoms with Crippen molar-refractivity contribution in [1.29, 1.82) is 0 Å². The lowest BCUT2D eigenvalue weighted by Gasteiger charge is -2.26. The molecule has 3 aromatic heterocycles. The van der Waals surface area contributed by atoms with E-state index in [0.29, 0.717) is 29.0 Å². The van der Waals surface area contributed by atoms with Gasteiger partial charge in [0, 0.05) is 6.61 Å². The Hall–Kier alpha value is -3.27. The van der Waals surface area contributed by atoms with Crippen LogP contribution < -0.4 is 10.1 Å². The van der Waals surface area contributed by atoms with E-state index in [4.69, 9.17) is 14.5 Å². The van der Waals surface area contributed by atoms with Crippen molar-refractivity contribution in [3.8, 4) is 5.75 Å². The molecule has 32 heavy (non-hydrogen) atoms. The van der Waals surface area contributed by atoms with E-state index in [1.807, 2.05) is 18.4 Å². The molecule has 1 unspecified atom stereocenters. The summed E-state index contributed by atoms with van der Waals surface area (Å²) >= 11 is 0. The summed E-state index contributed by atoms with van der Waals surface area (Å²) in [6.07, 6.45) is 6.40. The van der Waals surface area contributed by atoms with Gasteiger partial charge in [0.05, 0.1) is 23.9 Å². The zero-order chi connectivity index (χ0) is 21.8. The average Bonchev–Trinajstić information content (AvgIpc) is 3.42. The van der Waals surface area contributed by atoms with Crippen LogP contribution in [0.5, 0.6) is 5.75 Å². The number of hydrogen-bond acceptors (Lipinski definition) is 7. The van der Waals surface area contributed by atoms with Crippen LogP contribution in [0.15, 0.2) is 24.8 Å². The molecule has 0 spiro atoms. The van der Waals surface area contributed by atoms with Gasteiger partial charge in [-0.1, -0.05) is 0 Å². The lowest BCUT2D eigenvalue weighted by molar-refractivity contribution is -0.0298. The van der Waals surface area contributed by atoms with Gasteiger partial charge in [0.25, 0.3) is 0 Å². The van der Waals surface area contributed by atoms with Crippen molar-refractivity contribution in [2.75, 3.05) is 18.5 Å². The molecule has 1 fully saturated rings. The highest BCUT2D eigenvalue weighted by atomic mass is 19.1. The topological polar surface area (TPSA) is 91.9 Å². The summed E-state index contributed by atoms with van der Waals surface area (Å²) in [5, 5.41) is 3.45. The van der Waals surface area contributed by atoms with Gasteiger partial charge in [0.2, 0.25) is 0 Å². The second kappa shape index (κ2) is 7.40. The van der Waals surface area contributed by atoms with Crippen LogP contribution in [-0.4, -0.2) is 42.3 Å². The van der Waals surface area contributed by atoms with Crippen molar-refractivity contribution < 1.29 is 13.9 Å². The van der Waals surface area contributed by atoms with Crippen LogP contribution in [0.3, 0.4) is 0 Å². The molecule has 0 radical (unpaired) electrons. The first kappa shape index (κ1) is 19.4. The minimum Gasteiger partial charge on any atom is -0.486 e. The van der Waals surface area contributed by atoms with E-state index in [1.165, 1.54) is 12.4 Å². The summed E-state index contributed by atoms with van der Waals surface area (Å²) < 4.78 is 29.9. The van der Waals surface area contributed by atoms with Crippen LogP contribution in [0.1, 0.15) is 57.2 Å². The summed E-state index contributed by atoms with van der Waals surface area (Å²) in [6, 6.07) is 2.92. The Morgan fingerprint density at radius 3 is 2.97 bits per heavy atom. The highest BCUT2D eigenvalue weighted by molar-refractivity contribution is 5.85. The highest BCUT2D eigenvalue weighted by Crippen LogP contribution is 2.38. The SMILES string of the molecule is C[C@H](Nc1ncnc2c1ncn2C1CCCCO1)c1nc2ccc(F)c3c2n1[C@@H](C)CO3. The van der Waals surface area contributed by atoms with Crippen LogP contribution in [0.25, 0.3) is 22.2 Å². The van der Waals surface area contributed by atoms with Crippen molar-refractivity contribution in [3.63, 3.8) is 0 Å². The third kappa shape index (κ3) is 2.93. The predicted octanol–water partition coefficient (Wildman–Crippen LogP) is 4.14. The van der Waals surface area contributed by atoms with Crippen LogP contribution in [0.2, 0.25) is 0 Å². The first-order valence-electron chi connectivity index (χ1n) is 11.0. The average molecular weight is 437 g/mol. The Morgan fingerprint density at radius 1 is 1.22 bits per heavy atom. The fourth-order valence-corrected chi connectivity index (χ4v) is 4.70. The van der Waals surface area contributed by atoms with Crippen LogP contribution in [0.4, 0.5) is 10.2 Å². The molecule has 5 heterocycles. The molecule has 6 rings (SSSR count). The largest absolute Gasteiger partial charge is 0.486 e. The highest BCUT2D eigenvalue weighted by Gasteiger charge is 2.29. The number of rotatable bonds is 4. The third-order valence-corrected chi connectivity index (χ3v) is 6.26. The summed E-state index contributed by atoms with van der Waals surface area (Å²) in [6.45, 7) is 5.19. The van der Waals surface area contributed by atoms with Crippen LogP contribution in [0, 0.1) is 5.82 Å². The number of nitrogens with one attached hydrogen (secondary N) is 1. The number of imidazole rings is 2. The Balaban J connectivity index is 1.38. The molecule has 10 heteroatoms. The number of halogens is 1. The van der Waals surface area contributed by atoms with Gasteiger partial charge in [-0.25, -0.2) is 24.3 Å². The molecule has 3 atom stereocenters. The number of aromatic nitrogens is 6. The Morgan fingerprint density at radius 2 is 2.12 bits per heavy atom. The summed E-state index contributed by atoms with van der Waals surface area (Å²) in [7, 11) is 0. The minimum absolute atomic E-state index is 0.0293. The van der Waals surface area contributed by atoms with Gasteiger partial charge in [-0.2, -0.15) is 0 Å². The van der Waals surface area contributed by atoms with Crippen molar-refractivity contribution >= 4 is 28.0 Å². The molecule has 0 saturated carbocycles. The maximum Gasteiger partial charge on any atom is 0.180 e. The molecule has 0 amide bonds. The normalized spacial score (nSPS) is 21.6. The van der Waals surface area contributed by atoms with Crippen LogP contribution in [-0.2, 0) is 4.74 Å². The van der Waals surface area contributed by atoms with E-state index >= 15 is 0 Å². The monoisotopic (exact) mass is 437 g/mol. The molecule has 166 valence electrons. The fourth-order valence-electron chi connectivity index (χ4n) is 4.70. The number of fused-ring (bicyclic) bond motifs is 1. The first-order chi connectivity index (χ1) is 15.6. The number of hydrogen-bond donors (Lipinski definition) is 1. The predicted molar refractivity (Wildman–Crippen MR) is 116 cm³/mol. The Kier molecular flexibility index (Phi) is 4.49. The molecular weight excluding hydrogens is 413 g/mol. The van der Waals surface area contributed by atoms with E-state index in [-0.39, 0.29) is 29.9 Å². The molecule has 2 aliphatic heterocycles. The number of benzene rings is 1. The van der Waals surface area contributed by atoms with E-state index in [0.717, 1.165) is 37.3 Å². The van der Waals surface area contributed by atoms with Gasteiger partial charge >= 0.3 is 0 Å². The van der Waals surface area contributed by atoms with Crippen molar-refractivity contribution in [1.82, 2.24) is 29.1 Å². The second-order valence-corrected chi connectivity index (χ2v) is 8.48. The molecule has 0 aliphatic carbocycles. The molecule has 9 nitrogen and oxygen atoms in total. The molecule has 1 aromatic carbocycles. The van der Waals surface area contributed by atoms with E-state index in [1.54, 1.807) is 12.4 Å². The van der Waals surface area contributed by atoms with Crippen molar-refractivity contribution in [2.24, 2.45) is 0 Å². The Bertz CT molecular complexity index is 1310. The second-order valence-electron chi connectivity index (χ2n) is 8.48. The lowest BCUT2D eigenvalue weighted by Crippen LogP contribution is -2.24. The molecule has 4 aromatic rings. The van der Waals surface area contributed by atoms with Gasteiger partial charge in [0.1, 0.15) is 30.5 Å². The first-order valence-corrected chi connectivity index (χ1v) is 11.0. The smallest absolute Gasteiger partial charge is 0.180 e. The molecule has 1 N–H and O–H groups in total. The van der Waals surface area contributed by atoms with Gasteiger partial charge < -0.3 is 19.4 Å². The lowest BCUT2D eigenvalue weighted by atomic mass is 10.2. The number of anilines is 1. The van der Waals surface area contributed by atoms with Gasteiger partial charge in [-0.15, -0.1) is 0 Å². The Labute approximate surface area is 183 Å². The maximum atomic E-state index is 14.3. The third-order valence-electron chi connectivity index (χ3n) is 6.26. The molecule has 0 bridgehead atoms. The summed E-state index contributed by atoms with van der Waals surface area (Å²) in [5.74, 6) is 1.32. The molecular formula is C22H24FN7O2. The van der Waals surface area contributed by atoms with Crippen LogP contribution >= 0.6 is 0 Å². The number of ether oxygens (including phenoxy) is 2. The van der Waals surface area contributed by atoms with E-state index < -0.39 is 0 Å². The summed E-state index contributed by atoms with van der Waals surface area (Å²) in [5.41, 5.74) is 2.83. The zero-order valence-electron chi connectivity index (χ0n) is 18.0. The quantitative estimate of drug-likeness (QED) is 0.513. The minimum atomic E-state index is -0.370. The van der Waals surface area contributed by atoms with Crippen molar-refractivity contribution in [2.45, 2.75) is 51.4 Å². The molecule has 1 saturated heterocycles. The number of nitrogens with zero attached hydrogens (tertiary/aromatic N) is 6. The summed E-state index contributed by atoms with van der Waals surface area (Å²) in [4.78, 5) is 18.3. The molecule has 2 aliphatic rings.